The number of hydrogen-bond donors (Lipinski definition) is 1. The van der Waals surface area contributed by atoms with E-state index in [1.54, 1.807) is 0 Å². The molecule has 4 fully saturated rings. The third-order valence-electron chi connectivity index (χ3n) is 6.42. The molecule has 2 heteroatoms. The van der Waals surface area contributed by atoms with Gasteiger partial charge in [0.25, 0.3) is 0 Å². The molecule has 0 heterocycles. The third-order valence-corrected chi connectivity index (χ3v) is 6.42. The molecule has 0 amide bonds. The predicted octanol–water partition coefficient (Wildman–Crippen LogP) is 3.88. The van der Waals surface area contributed by atoms with E-state index in [4.69, 9.17) is 5.26 Å². The summed E-state index contributed by atoms with van der Waals surface area (Å²) >= 11 is 0. The van der Waals surface area contributed by atoms with Crippen molar-refractivity contribution >= 4 is 0 Å². The van der Waals surface area contributed by atoms with E-state index < -0.39 is 5.60 Å². The summed E-state index contributed by atoms with van der Waals surface area (Å²) in [6, 6.07) is 0. The van der Waals surface area contributed by atoms with Crippen molar-refractivity contribution in [2.75, 3.05) is 0 Å². The van der Waals surface area contributed by atoms with Gasteiger partial charge in [0, 0.05) is 0 Å². The zero-order valence-electron chi connectivity index (χ0n) is 11.4. The van der Waals surface area contributed by atoms with Crippen LogP contribution in [-0.4, -0.2) is 10.9 Å². The monoisotopic (exact) mass is 236 g/mol. The molecule has 3 atom stereocenters. The van der Waals surface area contributed by atoms with Crippen molar-refractivity contribution in [2.24, 2.45) is 28.6 Å². The van der Waals surface area contributed by atoms with Gasteiger partial charge in [0.2, 0.25) is 0 Å². The van der Waals surface area contributed by atoms with E-state index in [0.29, 0.717) is 10.8 Å². The van der Waals surface area contributed by atoms with Crippen LogP contribution in [0.4, 0.5) is 0 Å². The van der Waals surface area contributed by atoms with Gasteiger partial charge in [-0.05, 0) is 61.7 Å². The van der Waals surface area contributed by atoms with E-state index in [9.17, 15) is 0 Å². The summed E-state index contributed by atoms with van der Waals surface area (Å²) in [5.74, 6) is 2.98. The highest BCUT2D eigenvalue weighted by atomic mass is 17.1. The SMILES string of the molecule is CC(C)(/C=C/CC1(C)C2CC3C(C2)C31C)OO. The fourth-order valence-electron chi connectivity index (χ4n) is 5.04. The van der Waals surface area contributed by atoms with E-state index in [-0.39, 0.29) is 0 Å². The van der Waals surface area contributed by atoms with Crippen LogP contribution >= 0.6 is 0 Å². The van der Waals surface area contributed by atoms with Gasteiger partial charge in [0.05, 0.1) is 0 Å². The molecule has 4 rings (SSSR count). The quantitative estimate of drug-likeness (QED) is 0.456. The number of hydrogen-bond acceptors (Lipinski definition) is 2. The second-order valence-corrected chi connectivity index (χ2v) is 7.38. The Hall–Kier alpha value is -0.340. The molecule has 4 bridgehead atoms. The van der Waals surface area contributed by atoms with E-state index in [0.717, 1.165) is 24.2 Å². The molecule has 0 aliphatic heterocycles. The molecular formula is C15H24O2. The molecule has 1 N–H and O–H groups in total. The Bertz CT molecular complexity index is 359. The average molecular weight is 236 g/mol. The summed E-state index contributed by atoms with van der Waals surface area (Å²) in [7, 11) is 0. The summed E-state index contributed by atoms with van der Waals surface area (Å²) in [5, 5.41) is 8.77. The fraction of sp³-hybridized carbons (Fsp3) is 0.867. The molecule has 0 saturated heterocycles. The first-order chi connectivity index (χ1) is 7.85. The van der Waals surface area contributed by atoms with Crippen LogP contribution in [0.15, 0.2) is 12.2 Å². The molecule has 0 aromatic carbocycles. The molecule has 96 valence electrons. The first-order valence-corrected chi connectivity index (χ1v) is 6.85. The van der Waals surface area contributed by atoms with E-state index in [1.165, 1.54) is 12.8 Å². The van der Waals surface area contributed by atoms with Crippen LogP contribution in [0.2, 0.25) is 0 Å². The first kappa shape index (κ1) is 11.7. The Morgan fingerprint density at radius 2 is 1.88 bits per heavy atom. The van der Waals surface area contributed by atoms with Gasteiger partial charge in [-0.15, -0.1) is 0 Å². The van der Waals surface area contributed by atoms with E-state index in [1.807, 2.05) is 19.9 Å². The van der Waals surface area contributed by atoms with Crippen LogP contribution in [0.1, 0.15) is 47.0 Å². The maximum Gasteiger partial charge on any atom is 0.116 e. The minimum absolute atomic E-state index is 0.490. The molecule has 0 aromatic rings. The van der Waals surface area contributed by atoms with Gasteiger partial charge in [-0.25, -0.2) is 4.89 Å². The largest absolute Gasteiger partial charge is 0.251 e. The number of allylic oxidation sites excluding steroid dienone is 1. The van der Waals surface area contributed by atoms with Gasteiger partial charge in [-0.2, -0.15) is 0 Å². The zero-order chi connectivity index (χ0) is 12.5. The van der Waals surface area contributed by atoms with Crippen LogP contribution in [0.25, 0.3) is 0 Å². The van der Waals surface area contributed by atoms with Gasteiger partial charge in [-0.1, -0.05) is 26.0 Å². The van der Waals surface area contributed by atoms with Crippen molar-refractivity contribution in [1.29, 1.82) is 0 Å². The lowest BCUT2D eigenvalue weighted by Crippen LogP contribution is -2.27. The first-order valence-electron chi connectivity index (χ1n) is 6.85. The van der Waals surface area contributed by atoms with Gasteiger partial charge in [-0.3, -0.25) is 5.26 Å². The van der Waals surface area contributed by atoms with E-state index in [2.05, 4.69) is 24.8 Å². The molecular weight excluding hydrogens is 212 g/mol. The molecule has 4 saturated carbocycles. The Kier molecular flexibility index (Phi) is 2.18. The smallest absolute Gasteiger partial charge is 0.116 e. The normalized spacial score (nSPS) is 51.5. The Labute approximate surface area is 104 Å². The van der Waals surface area contributed by atoms with Gasteiger partial charge < -0.3 is 0 Å². The summed E-state index contributed by atoms with van der Waals surface area (Å²) in [4.78, 5) is 4.45. The maximum absolute atomic E-state index is 8.77. The lowest BCUT2D eigenvalue weighted by atomic mass is 9.71. The summed E-state index contributed by atoms with van der Waals surface area (Å²) < 4.78 is 0. The molecule has 3 unspecified atom stereocenters. The highest BCUT2D eigenvalue weighted by Crippen LogP contribution is 2.86. The van der Waals surface area contributed by atoms with Crippen LogP contribution < -0.4 is 0 Å². The maximum atomic E-state index is 8.77. The highest BCUT2D eigenvalue weighted by Gasteiger charge is 2.80. The molecule has 0 spiro atoms. The topological polar surface area (TPSA) is 29.5 Å². The molecule has 4 aliphatic carbocycles. The summed E-state index contributed by atoms with van der Waals surface area (Å²) in [6.07, 6.45) is 8.27. The Morgan fingerprint density at radius 3 is 2.29 bits per heavy atom. The van der Waals surface area contributed by atoms with Gasteiger partial charge in [0.15, 0.2) is 0 Å². The summed E-state index contributed by atoms with van der Waals surface area (Å²) in [5.41, 5.74) is 0.554. The Morgan fingerprint density at radius 1 is 1.29 bits per heavy atom. The molecule has 0 aromatic heterocycles. The van der Waals surface area contributed by atoms with Crippen LogP contribution in [0, 0.1) is 28.6 Å². The standard InChI is InChI=1S/C15H24O2/c1-13(2,17-16)6-5-7-14(3)10-8-11-12(9-10)15(11,14)4/h5-6,10-12,16H,7-9H2,1-4H3/b6-5+. The second kappa shape index (κ2) is 3.16. The van der Waals surface area contributed by atoms with Crippen molar-refractivity contribution in [3.63, 3.8) is 0 Å². The lowest BCUT2D eigenvalue weighted by Gasteiger charge is -2.33. The number of rotatable bonds is 4. The van der Waals surface area contributed by atoms with Crippen LogP contribution in [0.5, 0.6) is 0 Å². The van der Waals surface area contributed by atoms with Crippen molar-refractivity contribution in [3.8, 4) is 0 Å². The lowest BCUT2D eigenvalue weighted by molar-refractivity contribution is -0.297. The van der Waals surface area contributed by atoms with Crippen molar-refractivity contribution < 1.29 is 10.1 Å². The van der Waals surface area contributed by atoms with Gasteiger partial charge in [0.1, 0.15) is 5.60 Å². The molecule has 0 radical (unpaired) electrons. The fourth-order valence-corrected chi connectivity index (χ4v) is 5.04. The van der Waals surface area contributed by atoms with Gasteiger partial charge >= 0.3 is 0 Å². The molecule has 17 heavy (non-hydrogen) atoms. The van der Waals surface area contributed by atoms with Crippen LogP contribution in [0.3, 0.4) is 0 Å². The van der Waals surface area contributed by atoms with Crippen molar-refractivity contribution in [3.05, 3.63) is 12.2 Å². The van der Waals surface area contributed by atoms with Crippen molar-refractivity contribution in [1.82, 2.24) is 0 Å². The molecule has 4 aliphatic rings. The zero-order valence-corrected chi connectivity index (χ0v) is 11.4. The van der Waals surface area contributed by atoms with Crippen LogP contribution in [-0.2, 0) is 4.89 Å². The summed E-state index contributed by atoms with van der Waals surface area (Å²) in [6.45, 7) is 8.72. The average Bonchev–Trinajstić information content (AvgIpc) is 2.63. The third kappa shape index (κ3) is 1.29. The Balaban J connectivity index is 1.71. The van der Waals surface area contributed by atoms with E-state index >= 15 is 0 Å². The highest BCUT2D eigenvalue weighted by molar-refractivity contribution is 5.29. The second-order valence-electron chi connectivity index (χ2n) is 7.38. The van der Waals surface area contributed by atoms with Crippen molar-refractivity contribution in [2.45, 2.75) is 52.6 Å². The molecule has 2 nitrogen and oxygen atoms in total. The minimum Gasteiger partial charge on any atom is -0.251 e. The predicted molar refractivity (Wildman–Crippen MR) is 67.5 cm³/mol. The minimum atomic E-state index is -0.554.